The third-order valence-corrected chi connectivity index (χ3v) is 18.5. The van der Waals surface area contributed by atoms with Gasteiger partial charge in [0.2, 0.25) is 11.9 Å². The molecular formula is C48H52F2N14O10S4. The van der Waals surface area contributed by atoms with E-state index in [1.807, 2.05) is 24.6 Å². The number of aliphatic hydroxyl groups is 2. The van der Waals surface area contributed by atoms with Gasteiger partial charge >= 0.3 is 0 Å². The summed E-state index contributed by atoms with van der Waals surface area (Å²) in [5.74, 6) is 0.721. The summed E-state index contributed by atoms with van der Waals surface area (Å²) in [6.45, 7) is 3.99. The first-order valence-corrected chi connectivity index (χ1v) is 29.0. The minimum Gasteiger partial charge on any atom is -0.494 e. The number of benzene rings is 2. The molecule has 0 saturated carbocycles. The quantitative estimate of drug-likeness (QED) is 0.135. The van der Waals surface area contributed by atoms with Crippen LogP contribution >= 0.6 is 22.7 Å². The molecule has 412 valence electrons. The van der Waals surface area contributed by atoms with Crippen LogP contribution in [0.25, 0.3) is 33.0 Å². The number of hydrogen-bond donors (Lipinski definition) is 2. The van der Waals surface area contributed by atoms with Crippen molar-refractivity contribution in [1.29, 1.82) is 0 Å². The molecule has 10 rings (SSSR count). The molecule has 6 aromatic heterocycles. The van der Waals surface area contributed by atoms with Crippen LogP contribution in [0.3, 0.4) is 0 Å². The number of piperidine rings is 2. The maximum atomic E-state index is 13.8. The zero-order chi connectivity index (χ0) is 55.5. The number of hydrogen-bond acceptors (Lipinski definition) is 24. The summed E-state index contributed by atoms with van der Waals surface area (Å²) in [7, 11) is -1.80. The normalized spacial score (nSPS) is 17.8. The fourth-order valence-corrected chi connectivity index (χ4v) is 14.0. The molecule has 8 aromatic rings. The predicted octanol–water partition coefficient (Wildman–Crippen LogP) is 4.40. The van der Waals surface area contributed by atoms with Gasteiger partial charge in [-0.3, -0.25) is 9.13 Å². The Hall–Kier alpha value is -7.38. The molecule has 0 aliphatic carbocycles. The summed E-state index contributed by atoms with van der Waals surface area (Å²) >= 11 is 2.70. The number of anilines is 2. The molecule has 8 heterocycles. The number of β-amino-alcohol motifs (C(OH)–C–C–N with tert-alkyl or cyclic N) is 2. The van der Waals surface area contributed by atoms with Gasteiger partial charge in [0.05, 0.1) is 75.9 Å². The van der Waals surface area contributed by atoms with Gasteiger partial charge in [-0.2, -0.15) is 0 Å². The molecule has 4 atom stereocenters. The smallest absolute Gasteiger partial charge is 0.225 e. The van der Waals surface area contributed by atoms with E-state index in [-0.39, 0.29) is 62.6 Å². The molecule has 2 fully saturated rings. The summed E-state index contributed by atoms with van der Waals surface area (Å²) in [4.78, 5) is 27.9. The number of aryl methyl sites for hydroxylation is 2. The Balaban J connectivity index is 0.000000190. The second-order valence-electron chi connectivity index (χ2n) is 18.0. The van der Waals surface area contributed by atoms with Crippen LogP contribution in [0.4, 0.5) is 20.7 Å². The van der Waals surface area contributed by atoms with Crippen molar-refractivity contribution in [3.05, 3.63) is 107 Å². The van der Waals surface area contributed by atoms with Crippen molar-refractivity contribution in [3.63, 3.8) is 0 Å². The van der Waals surface area contributed by atoms with Crippen molar-refractivity contribution in [2.45, 2.75) is 60.9 Å². The Morgan fingerprint density at radius 1 is 0.564 bits per heavy atom. The van der Waals surface area contributed by atoms with Gasteiger partial charge in [-0.15, -0.1) is 43.1 Å². The Morgan fingerprint density at radius 2 is 0.910 bits per heavy atom. The van der Waals surface area contributed by atoms with Crippen molar-refractivity contribution < 1.29 is 54.8 Å². The number of halogens is 2. The number of para-hydroxylation sites is 2. The zero-order valence-electron chi connectivity index (χ0n) is 42.7. The lowest BCUT2D eigenvalue weighted by atomic mass is 10.1. The van der Waals surface area contributed by atoms with E-state index in [0.717, 1.165) is 36.2 Å². The molecule has 0 unspecified atom stereocenters. The van der Waals surface area contributed by atoms with Crippen molar-refractivity contribution >= 4 is 54.2 Å². The van der Waals surface area contributed by atoms with Crippen molar-refractivity contribution in [2.75, 3.05) is 64.4 Å². The lowest BCUT2D eigenvalue weighted by molar-refractivity contribution is 0.154. The summed E-state index contributed by atoms with van der Waals surface area (Å²) in [6.07, 6.45) is 2.13. The fraction of sp³-hybridized carbons (Fsp3) is 0.375. The van der Waals surface area contributed by atoms with E-state index >= 15 is 0 Å². The Bertz CT molecular complexity index is 3340. The number of sulfone groups is 2. The maximum Gasteiger partial charge on any atom is 0.225 e. The van der Waals surface area contributed by atoms with Crippen molar-refractivity contribution in [1.82, 2.24) is 59.4 Å². The predicted molar refractivity (Wildman–Crippen MR) is 283 cm³/mol. The second-order valence-corrected chi connectivity index (χ2v) is 24.3. The summed E-state index contributed by atoms with van der Waals surface area (Å²) < 4.78 is 107. The van der Waals surface area contributed by atoms with Crippen molar-refractivity contribution in [2.24, 2.45) is 0 Å². The molecule has 0 radical (unpaired) electrons. The highest BCUT2D eigenvalue weighted by atomic mass is 32.2. The van der Waals surface area contributed by atoms with Gasteiger partial charge in [-0.25, -0.2) is 55.5 Å². The minimum atomic E-state index is -3.90. The van der Waals surface area contributed by atoms with E-state index in [9.17, 15) is 35.8 Å². The third kappa shape index (κ3) is 11.9. The van der Waals surface area contributed by atoms with Crippen molar-refractivity contribution in [3.8, 4) is 56.0 Å². The summed E-state index contributed by atoms with van der Waals surface area (Å²) in [5, 5.41) is 41.0. The largest absolute Gasteiger partial charge is 0.494 e. The molecule has 0 spiro atoms. The summed E-state index contributed by atoms with van der Waals surface area (Å²) in [6, 6.07) is 10.4. The first-order chi connectivity index (χ1) is 37.4. The monoisotopic (exact) mass is 1150 g/mol. The lowest BCUT2D eigenvalue weighted by Gasteiger charge is -2.35. The van der Waals surface area contributed by atoms with Crippen LogP contribution in [0.5, 0.6) is 23.0 Å². The average Bonchev–Trinajstić information content (AvgIpc) is 4.36. The molecule has 2 N–H and O–H groups in total. The van der Waals surface area contributed by atoms with Crippen LogP contribution < -0.4 is 28.7 Å². The van der Waals surface area contributed by atoms with Gasteiger partial charge in [-0.05, 0) is 51.0 Å². The number of thiazole rings is 2. The SMILES string of the molecule is COc1cccc(OC)c1-n1c(CS(=O)(=O)[C@@H]2C[C@@H](O)CN(c3ncc(F)cn3)C2)nnc1-c1nc(C)cs1.COc1cccc(OC)c1-n1c(CS(=O)(=O)[C@H]2C[C@H](O)CN(c3ncc(F)cn3)C2)nnc1-c1nc(C)cs1. The van der Waals surface area contributed by atoms with Crippen LogP contribution in [-0.4, -0.2) is 164 Å². The highest BCUT2D eigenvalue weighted by molar-refractivity contribution is 7.91. The van der Waals surface area contributed by atoms with E-state index in [0.29, 0.717) is 56.0 Å². The van der Waals surface area contributed by atoms with Crippen LogP contribution in [0, 0.1) is 25.5 Å². The van der Waals surface area contributed by atoms with E-state index < -0.39 is 65.5 Å². The summed E-state index contributed by atoms with van der Waals surface area (Å²) in [5.41, 5.74) is 2.44. The Labute approximate surface area is 454 Å². The molecule has 2 aliphatic heterocycles. The number of nitrogens with zero attached hydrogens (tertiary/aromatic N) is 14. The van der Waals surface area contributed by atoms with Gasteiger partial charge in [0.25, 0.3) is 0 Å². The minimum absolute atomic E-state index is 0.0185. The average molecular weight is 1150 g/mol. The fourth-order valence-electron chi connectivity index (χ4n) is 9.02. The highest BCUT2D eigenvalue weighted by Crippen LogP contribution is 2.40. The lowest BCUT2D eigenvalue weighted by Crippen LogP contribution is -2.49. The molecule has 2 aliphatic rings. The number of ether oxygens (including phenoxy) is 4. The Kier molecular flexibility index (Phi) is 16.5. The first-order valence-electron chi connectivity index (χ1n) is 23.8. The van der Waals surface area contributed by atoms with Crippen LogP contribution in [0.1, 0.15) is 35.9 Å². The molecule has 0 bridgehead atoms. The van der Waals surface area contributed by atoms with Gasteiger partial charge in [0, 0.05) is 48.3 Å². The third-order valence-electron chi connectivity index (χ3n) is 12.6. The van der Waals surface area contributed by atoms with Gasteiger partial charge in [0.15, 0.2) is 64.6 Å². The number of aliphatic hydroxyl groups excluding tert-OH is 2. The van der Waals surface area contributed by atoms with Crippen LogP contribution in [0.2, 0.25) is 0 Å². The maximum absolute atomic E-state index is 13.8. The number of methoxy groups -OCH3 is 4. The molecular weight excluding hydrogens is 1100 g/mol. The zero-order valence-corrected chi connectivity index (χ0v) is 46.0. The molecule has 2 aromatic carbocycles. The highest BCUT2D eigenvalue weighted by Gasteiger charge is 2.40. The number of rotatable bonds is 16. The molecule has 24 nitrogen and oxygen atoms in total. The van der Waals surface area contributed by atoms with E-state index in [2.05, 4.69) is 50.3 Å². The topological polar surface area (TPSA) is 291 Å². The van der Waals surface area contributed by atoms with Gasteiger partial charge in [-0.1, -0.05) is 12.1 Å². The van der Waals surface area contributed by atoms with Crippen LogP contribution in [0.15, 0.2) is 71.9 Å². The number of aromatic nitrogens is 12. The van der Waals surface area contributed by atoms with Gasteiger partial charge < -0.3 is 39.0 Å². The molecule has 2 saturated heterocycles. The molecule has 0 amide bonds. The van der Waals surface area contributed by atoms with E-state index in [1.165, 1.54) is 60.9 Å². The van der Waals surface area contributed by atoms with E-state index in [4.69, 9.17) is 18.9 Å². The van der Waals surface area contributed by atoms with Crippen LogP contribution in [-0.2, 0) is 31.2 Å². The molecule has 30 heteroatoms. The van der Waals surface area contributed by atoms with Gasteiger partial charge in [0.1, 0.15) is 45.9 Å². The van der Waals surface area contributed by atoms with E-state index in [1.54, 1.807) is 45.5 Å². The first kappa shape index (κ1) is 55.4. The second kappa shape index (κ2) is 23.3. The Morgan fingerprint density at radius 3 is 1.22 bits per heavy atom. The molecule has 78 heavy (non-hydrogen) atoms. The standard InChI is InChI=1S/2C24H26FN7O5S2/c2*1-14-12-38-23(28-14)22-30-29-20(32(22)21-18(36-2)5-4-6-19(21)37-3)13-39(34,35)17-7-16(33)10-31(11-17)24-26-8-15(25)9-27-24/h2*4-6,8-9,12,16-17,33H,7,10-11,13H2,1-3H3/t2*16-,17-/m10/s1.